The van der Waals surface area contributed by atoms with Gasteiger partial charge < -0.3 is 14.8 Å². The minimum atomic E-state index is -0.575. The van der Waals surface area contributed by atoms with Gasteiger partial charge in [0, 0.05) is 35.2 Å². The topological polar surface area (TPSA) is 108 Å². The number of Topliss-reactive ketones (excluding diaryl/α,β-unsaturated/α-hetero) is 1. The number of fused-ring (bicyclic) bond motifs is 1. The molecule has 0 spiro atoms. The third-order valence-electron chi connectivity index (χ3n) is 4.04. The Bertz CT molecular complexity index is 922. The lowest BCUT2D eigenvalue weighted by atomic mass is 9.98. The zero-order valence-electron chi connectivity index (χ0n) is 14.9. The Labute approximate surface area is 155 Å². The van der Waals surface area contributed by atoms with E-state index in [1.807, 2.05) is 0 Å². The molecular formula is C19H18N2O6. The first-order chi connectivity index (χ1) is 12.9. The van der Waals surface area contributed by atoms with Crippen LogP contribution in [-0.4, -0.2) is 29.8 Å². The lowest BCUT2D eigenvalue weighted by Gasteiger charge is -2.21. The first kappa shape index (κ1) is 18.4. The maximum atomic E-state index is 12.6. The van der Waals surface area contributed by atoms with Crippen LogP contribution in [0.1, 0.15) is 34.6 Å². The van der Waals surface area contributed by atoms with E-state index in [2.05, 4.69) is 5.32 Å². The molecular weight excluding hydrogens is 352 g/mol. The van der Waals surface area contributed by atoms with Crippen LogP contribution in [0.2, 0.25) is 0 Å². The Hall–Kier alpha value is -3.42. The molecule has 27 heavy (non-hydrogen) atoms. The normalized spacial score (nSPS) is 12.6. The lowest BCUT2D eigenvalue weighted by molar-refractivity contribution is -0.384. The summed E-state index contributed by atoms with van der Waals surface area (Å²) >= 11 is 0. The van der Waals surface area contributed by atoms with Crippen molar-refractivity contribution >= 4 is 23.1 Å². The van der Waals surface area contributed by atoms with E-state index in [0.717, 1.165) is 0 Å². The number of rotatable bonds is 5. The highest BCUT2D eigenvalue weighted by molar-refractivity contribution is 6.10. The number of carbonyl (C=O) groups is 2. The molecule has 1 N–H and O–H groups in total. The molecule has 0 aromatic heterocycles. The van der Waals surface area contributed by atoms with Gasteiger partial charge in [-0.1, -0.05) is 19.9 Å². The van der Waals surface area contributed by atoms with Crippen LogP contribution in [0.25, 0.3) is 0 Å². The molecule has 3 rings (SSSR count). The first-order valence-corrected chi connectivity index (χ1v) is 8.40. The van der Waals surface area contributed by atoms with Gasteiger partial charge in [-0.05, 0) is 12.1 Å². The Morgan fingerprint density at radius 2 is 1.78 bits per heavy atom. The summed E-state index contributed by atoms with van der Waals surface area (Å²) in [4.78, 5) is 35.5. The summed E-state index contributed by atoms with van der Waals surface area (Å²) in [6, 6.07) is 8.46. The maximum absolute atomic E-state index is 12.6. The smallest absolute Gasteiger partial charge is 0.270 e. The highest BCUT2D eigenvalue weighted by Crippen LogP contribution is 2.36. The summed E-state index contributed by atoms with van der Waals surface area (Å²) in [7, 11) is 0. The fourth-order valence-corrected chi connectivity index (χ4v) is 2.66. The van der Waals surface area contributed by atoms with Crippen LogP contribution in [0, 0.1) is 16.0 Å². The van der Waals surface area contributed by atoms with Gasteiger partial charge in [0.1, 0.15) is 13.2 Å². The fraction of sp³-hybridized carbons (Fsp3) is 0.263. The molecule has 0 fully saturated rings. The SMILES string of the molecule is CC(C)C(=O)c1cc2c(cc1NC(=O)c1cccc([N+](=O)[O-])c1)OCCO2. The van der Waals surface area contributed by atoms with Gasteiger partial charge in [-0.3, -0.25) is 19.7 Å². The number of ether oxygens (including phenoxy) is 2. The van der Waals surface area contributed by atoms with Crippen LogP contribution in [0.5, 0.6) is 11.5 Å². The Kier molecular flexibility index (Phi) is 5.07. The van der Waals surface area contributed by atoms with Gasteiger partial charge in [0.05, 0.1) is 10.6 Å². The monoisotopic (exact) mass is 370 g/mol. The van der Waals surface area contributed by atoms with Gasteiger partial charge in [-0.2, -0.15) is 0 Å². The first-order valence-electron chi connectivity index (χ1n) is 8.40. The molecule has 0 saturated carbocycles. The van der Waals surface area contributed by atoms with Gasteiger partial charge in [0.15, 0.2) is 17.3 Å². The zero-order valence-corrected chi connectivity index (χ0v) is 14.9. The number of nitrogens with zero attached hydrogens (tertiary/aromatic N) is 1. The number of benzene rings is 2. The zero-order chi connectivity index (χ0) is 19.6. The van der Waals surface area contributed by atoms with Crippen molar-refractivity contribution in [2.24, 2.45) is 5.92 Å². The summed E-state index contributed by atoms with van der Waals surface area (Å²) in [6.07, 6.45) is 0. The average Bonchev–Trinajstić information content (AvgIpc) is 2.66. The average molecular weight is 370 g/mol. The molecule has 0 radical (unpaired) electrons. The number of hydrogen-bond donors (Lipinski definition) is 1. The van der Waals surface area contributed by atoms with E-state index in [0.29, 0.717) is 30.3 Å². The van der Waals surface area contributed by atoms with Crippen LogP contribution in [0.4, 0.5) is 11.4 Å². The van der Waals surface area contributed by atoms with Crippen molar-refractivity contribution in [3.05, 3.63) is 57.6 Å². The Morgan fingerprint density at radius 1 is 1.11 bits per heavy atom. The molecule has 1 aliphatic heterocycles. The summed E-state index contributed by atoms with van der Waals surface area (Å²) in [5.74, 6) is -0.148. The highest BCUT2D eigenvalue weighted by atomic mass is 16.6. The van der Waals surface area contributed by atoms with E-state index in [9.17, 15) is 19.7 Å². The molecule has 0 unspecified atom stereocenters. The number of nitro benzene ring substituents is 1. The van der Waals surface area contributed by atoms with Crippen LogP contribution in [-0.2, 0) is 0 Å². The predicted molar refractivity (Wildman–Crippen MR) is 97.7 cm³/mol. The second kappa shape index (κ2) is 7.45. The van der Waals surface area contributed by atoms with Gasteiger partial charge in [-0.15, -0.1) is 0 Å². The summed E-state index contributed by atoms with van der Waals surface area (Å²) in [5, 5.41) is 13.6. The van der Waals surface area contributed by atoms with Gasteiger partial charge >= 0.3 is 0 Å². The summed E-state index contributed by atoms with van der Waals surface area (Å²) < 4.78 is 11.0. The van der Waals surface area contributed by atoms with Crippen molar-refractivity contribution in [1.82, 2.24) is 0 Å². The van der Waals surface area contributed by atoms with Crippen molar-refractivity contribution in [1.29, 1.82) is 0 Å². The minimum absolute atomic E-state index is 0.113. The quantitative estimate of drug-likeness (QED) is 0.491. The van der Waals surface area contributed by atoms with Crippen LogP contribution >= 0.6 is 0 Å². The Morgan fingerprint density at radius 3 is 2.41 bits per heavy atom. The van der Waals surface area contributed by atoms with E-state index >= 15 is 0 Å². The van der Waals surface area contributed by atoms with E-state index in [4.69, 9.17) is 9.47 Å². The molecule has 1 amide bonds. The highest BCUT2D eigenvalue weighted by Gasteiger charge is 2.23. The van der Waals surface area contributed by atoms with Crippen LogP contribution < -0.4 is 14.8 Å². The molecule has 140 valence electrons. The van der Waals surface area contributed by atoms with Crippen molar-refractivity contribution in [3.8, 4) is 11.5 Å². The summed E-state index contributed by atoms with van der Waals surface area (Å²) in [6.45, 7) is 4.25. The number of hydrogen-bond acceptors (Lipinski definition) is 6. The second-order valence-corrected chi connectivity index (χ2v) is 6.32. The molecule has 0 bridgehead atoms. The number of nitrogens with one attached hydrogen (secondary N) is 1. The van der Waals surface area contributed by atoms with Crippen LogP contribution in [0.15, 0.2) is 36.4 Å². The standard InChI is InChI=1S/C19H18N2O6/c1-11(2)18(22)14-9-16-17(27-7-6-26-16)10-15(14)20-19(23)12-4-3-5-13(8-12)21(24)25/h3-5,8-11H,6-7H2,1-2H3,(H,20,23). The van der Waals surface area contributed by atoms with E-state index < -0.39 is 10.8 Å². The lowest BCUT2D eigenvalue weighted by Crippen LogP contribution is -2.20. The van der Waals surface area contributed by atoms with Crippen molar-refractivity contribution in [2.45, 2.75) is 13.8 Å². The molecule has 8 nitrogen and oxygen atoms in total. The van der Waals surface area contributed by atoms with Gasteiger partial charge in [-0.25, -0.2) is 0 Å². The fourth-order valence-electron chi connectivity index (χ4n) is 2.66. The van der Waals surface area contributed by atoms with E-state index in [1.165, 1.54) is 24.3 Å². The predicted octanol–water partition coefficient (Wildman–Crippen LogP) is 3.46. The van der Waals surface area contributed by atoms with Gasteiger partial charge in [0.25, 0.3) is 11.6 Å². The van der Waals surface area contributed by atoms with Crippen LogP contribution in [0.3, 0.4) is 0 Å². The van der Waals surface area contributed by atoms with E-state index in [-0.39, 0.29) is 28.6 Å². The molecule has 0 saturated heterocycles. The third kappa shape index (κ3) is 3.89. The minimum Gasteiger partial charge on any atom is -0.486 e. The number of carbonyl (C=O) groups excluding carboxylic acids is 2. The van der Waals surface area contributed by atoms with Crippen molar-refractivity contribution in [2.75, 3.05) is 18.5 Å². The molecule has 8 heteroatoms. The van der Waals surface area contributed by atoms with Gasteiger partial charge in [0.2, 0.25) is 0 Å². The molecule has 0 aliphatic carbocycles. The number of amides is 1. The number of nitro groups is 1. The number of anilines is 1. The molecule has 0 atom stereocenters. The van der Waals surface area contributed by atoms with Crippen molar-refractivity contribution < 1.29 is 24.0 Å². The molecule has 2 aromatic rings. The molecule has 1 aliphatic rings. The largest absolute Gasteiger partial charge is 0.486 e. The maximum Gasteiger partial charge on any atom is 0.270 e. The second-order valence-electron chi connectivity index (χ2n) is 6.32. The number of ketones is 1. The molecule has 2 aromatic carbocycles. The van der Waals surface area contributed by atoms with E-state index in [1.54, 1.807) is 26.0 Å². The number of non-ortho nitro benzene ring substituents is 1. The summed E-state index contributed by atoms with van der Waals surface area (Å²) in [5.41, 5.74) is 0.493. The molecule has 1 heterocycles. The Balaban J connectivity index is 1.97. The van der Waals surface area contributed by atoms with Crippen molar-refractivity contribution in [3.63, 3.8) is 0 Å². The third-order valence-corrected chi connectivity index (χ3v) is 4.04.